The Labute approximate surface area is 180 Å². The summed E-state index contributed by atoms with van der Waals surface area (Å²) < 4.78 is 5.86. The zero-order valence-electron chi connectivity index (χ0n) is 17.2. The van der Waals surface area contributed by atoms with E-state index < -0.39 is 0 Å². The Balaban J connectivity index is 1.30. The van der Waals surface area contributed by atoms with Gasteiger partial charge in [-0.1, -0.05) is 0 Å². The van der Waals surface area contributed by atoms with Gasteiger partial charge in [-0.15, -0.1) is 0 Å². The molecule has 0 aliphatic heterocycles. The van der Waals surface area contributed by atoms with Crippen molar-refractivity contribution in [3.8, 4) is 5.75 Å². The Kier molecular flexibility index (Phi) is 6.68. The molecule has 160 valence electrons. The normalized spacial score (nSPS) is 13.0. The number of fused-ring (bicyclic) bond motifs is 1. The summed E-state index contributed by atoms with van der Waals surface area (Å²) in [7, 11) is 0. The van der Waals surface area contributed by atoms with Crippen LogP contribution in [0.4, 0.5) is 5.69 Å². The Morgan fingerprint density at radius 2 is 1.97 bits per heavy atom. The third kappa shape index (κ3) is 5.16. The molecular weight excluding hydrogens is 394 g/mol. The van der Waals surface area contributed by atoms with Gasteiger partial charge in [0.1, 0.15) is 11.4 Å². The first-order chi connectivity index (χ1) is 15.2. The van der Waals surface area contributed by atoms with E-state index in [9.17, 15) is 9.59 Å². The summed E-state index contributed by atoms with van der Waals surface area (Å²) in [6.07, 6.45) is 11.2. The lowest BCUT2D eigenvalue weighted by atomic mass is 9.93. The standard InChI is InChI=1S/C23H25N5O3/c29-20-4-1-3-18-22(20)17(14-27-18)23(30)28-19-15-26-11-7-21(19)31-12-2-8-25-13-16-5-9-24-10-6-16/h5-7,9-11,14-15,25,27H,1-4,8,12-13H2,(H,28,30). The summed E-state index contributed by atoms with van der Waals surface area (Å²) in [5.74, 6) is 0.215. The van der Waals surface area contributed by atoms with Gasteiger partial charge < -0.3 is 20.4 Å². The number of carbonyl (C=O) groups excluding carboxylic acids is 2. The highest BCUT2D eigenvalue weighted by atomic mass is 16.5. The molecule has 0 radical (unpaired) electrons. The van der Waals surface area contributed by atoms with E-state index in [1.807, 2.05) is 12.1 Å². The number of Topliss-reactive ketones (excluding diaryl/α,β-unsaturated/α-hetero) is 1. The first-order valence-electron chi connectivity index (χ1n) is 10.4. The van der Waals surface area contributed by atoms with Gasteiger partial charge in [0.15, 0.2) is 5.78 Å². The number of ketones is 1. The molecule has 1 aliphatic rings. The first kappa shape index (κ1) is 20.7. The van der Waals surface area contributed by atoms with E-state index >= 15 is 0 Å². The number of rotatable bonds is 9. The molecule has 0 atom stereocenters. The minimum absolute atomic E-state index is 0.00887. The molecule has 3 aromatic rings. The second kappa shape index (κ2) is 9.99. The summed E-state index contributed by atoms with van der Waals surface area (Å²) in [5, 5.41) is 6.20. The smallest absolute Gasteiger partial charge is 0.258 e. The van der Waals surface area contributed by atoms with Crippen LogP contribution >= 0.6 is 0 Å². The Hall–Kier alpha value is -3.52. The van der Waals surface area contributed by atoms with Gasteiger partial charge in [-0.25, -0.2) is 0 Å². The number of aromatic nitrogens is 3. The van der Waals surface area contributed by atoms with Gasteiger partial charge in [-0.05, 0) is 43.5 Å². The fraction of sp³-hybridized carbons (Fsp3) is 0.304. The van der Waals surface area contributed by atoms with Crippen molar-refractivity contribution in [3.63, 3.8) is 0 Å². The predicted molar refractivity (Wildman–Crippen MR) is 116 cm³/mol. The maximum Gasteiger partial charge on any atom is 0.258 e. The molecule has 8 heteroatoms. The van der Waals surface area contributed by atoms with Crippen molar-refractivity contribution in [2.24, 2.45) is 0 Å². The summed E-state index contributed by atoms with van der Waals surface area (Å²) in [5.41, 5.74) is 3.38. The molecule has 0 unspecified atom stereocenters. The molecule has 0 saturated carbocycles. The second-order valence-corrected chi connectivity index (χ2v) is 7.39. The molecule has 8 nitrogen and oxygen atoms in total. The molecule has 31 heavy (non-hydrogen) atoms. The van der Waals surface area contributed by atoms with E-state index in [0.29, 0.717) is 35.6 Å². The van der Waals surface area contributed by atoms with Crippen molar-refractivity contribution in [3.05, 3.63) is 71.6 Å². The monoisotopic (exact) mass is 419 g/mol. The van der Waals surface area contributed by atoms with Gasteiger partial charge >= 0.3 is 0 Å². The highest BCUT2D eigenvalue weighted by Gasteiger charge is 2.26. The zero-order chi connectivity index (χ0) is 21.5. The van der Waals surface area contributed by atoms with Crippen LogP contribution in [0.1, 0.15) is 51.2 Å². The summed E-state index contributed by atoms with van der Waals surface area (Å²) in [4.78, 5) is 36.2. The first-order valence-corrected chi connectivity index (χ1v) is 10.4. The van der Waals surface area contributed by atoms with Gasteiger partial charge in [-0.3, -0.25) is 19.6 Å². The molecule has 0 fully saturated rings. The molecule has 0 bridgehead atoms. The van der Waals surface area contributed by atoms with Crippen LogP contribution in [0, 0.1) is 0 Å². The van der Waals surface area contributed by atoms with Crippen LogP contribution in [-0.2, 0) is 13.0 Å². The quantitative estimate of drug-likeness (QED) is 0.460. The molecule has 0 spiro atoms. The van der Waals surface area contributed by atoms with Crippen molar-refractivity contribution in [1.29, 1.82) is 0 Å². The van der Waals surface area contributed by atoms with Gasteiger partial charge in [-0.2, -0.15) is 0 Å². The number of hydrogen-bond acceptors (Lipinski definition) is 6. The van der Waals surface area contributed by atoms with Gasteiger partial charge in [0.2, 0.25) is 0 Å². The van der Waals surface area contributed by atoms with Crippen molar-refractivity contribution >= 4 is 17.4 Å². The lowest BCUT2D eigenvalue weighted by Gasteiger charge is -2.14. The van der Waals surface area contributed by atoms with Crippen LogP contribution in [0.2, 0.25) is 0 Å². The molecule has 4 rings (SSSR count). The predicted octanol–water partition coefficient (Wildman–Crippen LogP) is 3.13. The Morgan fingerprint density at radius 3 is 2.84 bits per heavy atom. The summed E-state index contributed by atoms with van der Waals surface area (Å²) >= 11 is 0. The highest BCUT2D eigenvalue weighted by molar-refractivity contribution is 6.13. The van der Waals surface area contributed by atoms with Gasteiger partial charge in [0.05, 0.1) is 23.9 Å². The molecule has 0 aromatic carbocycles. The number of pyridine rings is 2. The Bertz CT molecular complexity index is 1050. The third-order valence-electron chi connectivity index (χ3n) is 5.18. The fourth-order valence-electron chi connectivity index (χ4n) is 3.62. The molecule has 3 N–H and O–H groups in total. The average Bonchev–Trinajstić information content (AvgIpc) is 3.24. The largest absolute Gasteiger partial charge is 0.491 e. The topological polar surface area (TPSA) is 109 Å². The number of ether oxygens (including phenoxy) is 1. The summed E-state index contributed by atoms with van der Waals surface area (Å²) in [6.45, 7) is 2.07. The average molecular weight is 419 g/mol. The van der Waals surface area contributed by atoms with Crippen molar-refractivity contribution in [1.82, 2.24) is 20.3 Å². The number of hydrogen-bond donors (Lipinski definition) is 3. The number of amides is 1. The zero-order valence-corrected chi connectivity index (χ0v) is 17.2. The van der Waals surface area contributed by atoms with Crippen LogP contribution in [0.5, 0.6) is 5.75 Å². The number of nitrogens with one attached hydrogen (secondary N) is 3. The Morgan fingerprint density at radius 1 is 1.13 bits per heavy atom. The van der Waals surface area contributed by atoms with Crippen molar-refractivity contribution < 1.29 is 14.3 Å². The second-order valence-electron chi connectivity index (χ2n) is 7.39. The number of aryl methyl sites for hydroxylation is 1. The minimum Gasteiger partial charge on any atom is -0.491 e. The number of anilines is 1. The number of nitrogens with zero attached hydrogens (tertiary/aromatic N) is 2. The molecular formula is C23H25N5O3. The van der Waals surface area contributed by atoms with Gasteiger partial charge in [0, 0.05) is 49.5 Å². The maximum absolute atomic E-state index is 12.8. The molecule has 1 amide bonds. The number of H-pyrrole nitrogens is 1. The van der Waals surface area contributed by atoms with Crippen molar-refractivity contribution in [2.75, 3.05) is 18.5 Å². The van der Waals surface area contributed by atoms with E-state index in [1.54, 1.807) is 37.1 Å². The van der Waals surface area contributed by atoms with Crippen LogP contribution in [0.15, 0.2) is 49.2 Å². The van der Waals surface area contributed by atoms with E-state index in [4.69, 9.17) is 4.74 Å². The van der Waals surface area contributed by atoms with Crippen LogP contribution in [-0.4, -0.2) is 39.8 Å². The number of carbonyl (C=O) groups is 2. The maximum atomic E-state index is 12.8. The van der Waals surface area contributed by atoms with Crippen LogP contribution < -0.4 is 15.4 Å². The molecule has 3 aromatic heterocycles. The van der Waals surface area contributed by atoms with Crippen molar-refractivity contribution in [2.45, 2.75) is 32.2 Å². The van der Waals surface area contributed by atoms with E-state index in [0.717, 1.165) is 38.0 Å². The lowest BCUT2D eigenvalue weighted by molar-refractivity contribution is 0.0956. The minimum atomic E-state index is -0.343. The highest BCUT2D eigenvalue weighted by Crippen LogP contribution is 2.27. The lowest BCUT2D eigenvalue weighted by Crippen LogP contribution is -2.19. The molecule has 1 aliphatic carbocycles. The van der Waals surface area contributed by atoms with Gasteiger partial charge in [0.25, 0.3) is 5.91 Å². The fourth-order valence-corrected chi connectivity index (χ4v) is 3.62. The third-order valence-corrected chi connectivity index (χ3v) is 5.18. The van der Waals surface area contributed by atoms with E-state index in [1.165, 1.54) is 5.56 Å². The number of aromatic amines is 1. The summed E-state index contributed by atoms with van der Waals surface area (Å²) in [6, 6.07) is 5.67. The van der Waals surface area contributed by atoms with Crippen LogP contribution in [0.3, 0.4) is 0 Å². The molecule has 3 heterocycles. The van der Waals surface area contributed by atoms with E-state index in [-0.39, 0.29) is 11.7 Å². The SMILES string of the molecule is O=C(Nc1cnccc1OCCCNCc1ccncc1)c1c[nH]c2c1C(=O)CCC2. The molecule has 0 saturated heterocycles. The van der Waals surface area contributed by atoms with E-state index in [2.05, 4.69) is 25.6 Å². The van der Waals surface area contributed by atoms with Crippen LogP contribution in [0.25, 0.3) is 0 Å².